The number of allylic oxidation sites excluding steroid dienone is 5. The van der Waals surface area contributed by atoms with Crippen molar-refractivity contribution in [3.63, 3.8) is 0 Å². The number of carbonyl (C=O) groups is 1. The molecule has 44 heavy (non-hydrogen) atoms. The van der Waals surface area contributed by atoms with Gasteiger partial charge in [0.05, 0.1) is 5.41 Å². The SMILES string of the molecule is CCCCN1/C(=C/C2=C([O-])C(=C\C3=[N+](CCCC)c4ccc(B(O)O)cc4C3(C)C)/C2=O)C(C)(C)c2cc(B(O)O)ccc21. The Morgan fingerprint density at radius 1 is 0.864 bits per heavy atom. The first-order chi connectivity index (χ1) is 20.7. The van der Waals surface area contributed by atoms with Crippen LogP contribution in [-0.4, -0.2) is 63.5 Å². The third kappa shape index (κ3) is 5.17. The molecule has 0 aromatic heterocycles. The maximum absolute atomic E-state index is 13.7. The number of unbranched alkanes of at least 4 members (excludes halogenated alkanes) is 2. The molecule has 0 unspecified atom stereocenters. The van der Waals surface area contributed by atoms with Gasteiger partial charge in [-0.2, -0.15) is 4.58 Å². The molecule has 2 aliphatic heterocycles. The molecule has 0 spiro atoms. The molecule has 0 fully saturated rings. The maximum atomic E-state index is 13.7. The van der Waals surface area contributed by atoms with Crippen molar-refractivity contribution in [1.29, 1.82) is 0 Å². The van der Waals surface area contributed by atoms with E-state index in [0.29, 0.717) is 24.0 Å². The van der Waals surface area contributed by atoms with Gasteiger partial charge in [0, 0.05) is 58.6 Å². The van der Waals surface area contributed by atoms with Gasteiger partial charge in [-0.05, 0) is 48.9 Å². The first-order valence-electron chi connectivity index (χ1n) is 15.6. The summed E-state index contributed by atoms with van der Waals surface area (Å²) in [6.07, 6.45) is 7.23. The summed E-state index contributed by atoms with van der Waals surface area (Å²) >= 11 is 0. The number of anilines is 1. The minimum Gasteiger partial charge on any atom is -0.871 e. The third-order valence-electron chi connectivity index (χ3n) is 9.44. The summed E-state index contributed by atoms with van der Waals surface area (Å²) in [5, 5.41) is 52.9. The number of carbonyl (C=O) groups excluding carboxylic acids is 1. The van der Waals surface area contributed by atoms with Crippen LogP contribution in [0.1, 0.15) is 78.4 Å². The van der Waals surface area contributed by atoms with Gasteiger partial charge in [-0.3, -0.25) is 4.79 Å². The van der Waals surface area contributed by atoms with Crippen LogP contribution in [-0.2, 0) is 15.6 Å². The molecule has 3 aliphatic rings. The molecule has 2 aromatic carbocycles. The molecular formula is C34H42B2N2O6. The number of Topliss-reactive ketones (excluding diaryl/α,β-unsaturated/α-hetero) is 1. The lowest BCUT2D eigenvalue weighted by Gasteiger charge is -2.33. The van der Waals surface area contributed by atoms with Gasteiger partial charge in [0.15, 0.2) is 11.5 Å². The highest BCUT2D eigenvalue weighted by Gasteiger charge is 2.46. The lowest BCUT2D eigenvalue weighted by molar-refractivity contribution is -0.438. The second-order valence-electron chi connectivity index (χ2n) is 13.1. The van der Waals surface area contributed by atoms with E-state index >= 15 is 0 Å². The molecule has 0 atom stereocenters. The highest BCUT2D eigenvalue weighted by atomic mass is 16.4. The van der Waals surface area contributed by atoms with Crippen molar-refractivity contribution in [2.45, 2.75) is 78.1 Å². The summed E-state index contributed by atoms with van der Waals surface area (Å²) in [4.78, 5) is 15.8. The number of ketones is 1. The largest absolute Gasteiger partial charge is 0.871 e. The highest BCUT2D eigenvalue weighted by molar-refractivity contribution is 6.59. The van der Waals surface area contributed by atoms with Gasteiger partial charge in [-0.25, -0.2) is 0 Å². The second-order valence-corrected chi connectivity index (χ2v) is 13.1. The van der Waals surface area contributed by atoms with E-state index in [1.54, 1.807) is 36.4 Å². The summed E-state index contributed by atoms with van der Waals surface area (Å²) in [5.74, 6) is -0.588. The second kappa shape index (κ2) is 11.8. The quantitative estimate of drug-likeness (QED) is 0.187. The molecule has 4 N–H and O–H groups in total. The zero-order valence-corrected chi connectivity index (χ0v) is 26.5. The average molecular weight is 596 g/mol. The van der Waals surface area contributed by atoms with Crippen molar-refractivity contribution in [3.8, 4) is 0 Å². The molecule has 8 nitrogen and oxygen atoms in total. The van der Waals surface area contributed by atoms with E-state index in [4.69, 9.17) is 0 Å². The zero-order valence-electron chi connectivity index (χ0n) is 26.5. The van der Waals surface area contributed by atoms with Crippen molar-refractivity contribution in [3.05, 3.63) is 82.3 Å². The number of rotatable bonds is 10. The molecule has 230 valence electrons. The number of benzene rings is 2. The van der Waals surface area contributed by atoms with E-state index < -0.39 is 25.1 Å². The average Bonchev–Trinajstić information content (AvgIpc) is 3.33. The van der Waals surface area contributed by atoms with Gasteiger partial charge in [0.2, 0.25) is 5.69 Å². The van der Waals surface area contributed by atoms with Crippen LogP contribution in [0, 0.1) is 0 Å². The Bertz CT molecular complexity index is 1630. The molecule has 0 bridgehead atoms. The van der Waals surface area contributed by atoms with Crippen LogP contribution in [0.15, 0.2) is 71.2 Å². The molecule has 2 heterocycles. The van der Waals surface area contributed by atoms with Gasteiger partial charge in [-0.1, -0.05) is 70.6 Å². The van der Waals surface area contributed by atoms with Gasteiger partial charge in [0.25, 0.3) is 0 Å². The minimum absolute atomic E-state index is 0.149. The van der Waals surface area contributed by atoms with Crippen molar-refractivity contribution < 1.29 is 34.6 Å². The standard InChI is InChI=1S/C34H42B2N2O6/c1-7-9-15-37-27-13-11-21(35(41)42)17-25(27)33(3,4)29(37)19-23-31(39)24(32(23)40)20-30-34(5,6)26-18-22(36(43)44)12-14-28(26)38(30)16-10-8-2/h11-14,17-20,41-44H,7-10,15-16H2,1-6H3. The Hall–Kier alpha value is -3.43. The van der Waals surface area contributed by atoms with E-state index in [-0.39, 0.29) is 22.7 Å². The van der Waals surface area contributed by atoms with Crippen LogP contribution in [0.5, 0.6) is 0 Å². The predicted molar refractivity (Wildman–Crippen MR) is 174 cm³/mol. The minimum atomic E-state index is -1.59. The fourth-order valence-corrected chi connectivity index (χ4v) is 6.71. The van der Waals surface area contributed by atoms with Gasteiger partial charge < -0.3 is 30.1 Å². The van der Waals surface area contributed by atoms with Crippen LogP contribution in [0.3, 0.4) is 0 Å². The molecule has 1 aliphatic carbocycles. The lowest BCUT2D eigenvalue weighted by atomic mass is 9.73. The summed E-state index contributed by atoms with van der Waals surface area (Å²) < 4.78 is 2.15. The number of fused-ring (bicyclic) bond motifs is 2. The van der Waals surface area contributed by atoms with Crippen LogP contribution < -0.4 is 20.9 Å². The van der Waals surface area contributed by atoms with Gasteiger partial charge in [0.1, 0.15) is 6.54 Å². The van der Waals surface area contributed by atoms with Crippen LogP contribution >= 0.6 is 0 Å². The first kappa shape index (κ1) is 32.0. The summed E-state index contributed by atoms with van der Waals surface area (Å²) in [6, 6.07) is 10.7. The topological polar surface area (TPSA) is 127 Å². The lowest BCUT2D eigenvalue weighted by Crippen LogP contribution is -2.35. The smallest absolute Gasteiger partial charge is 0.488 e. The van der Waals surface area contributed by atoms with Gasteiger partial charge in [-0.15, -0.1) is 0 Å². The van der Waals surface area contributed by atoms with Crippen molar-refractivity contribution >= 4 is 48.0 Å². The normalized spacial score (nSPS) is 20.0. The molecule has 5 rings (SSSR count). The summed E-state index contributed by atoms with van der Waals surface area (Å²) in [6.45, 7) is 13.7. The number of hydrogen-bond acceptors (Lipinski definition) is 7. The Labute approximate surface area is 260 Å². The predicted octanol–water partition coefficient (Wildman–Crippen LogP) is 1.83. The summed E-state index contributed by atoms with van der Waals surface area (Å²) in [5.41, 5.74) is 5.33. The maximum Gasteiger partial charge on any atom is 0.488 e. The monoisotopic (exact) mass is 596 g/mol. The van der Waals surface area contributed by atoms with Crippen LogP contribution in [0.4, 0.5) is 11.4 Å². The van der Waals surface area contributed by atoms with E-state index in [0.717, 1.165) is 59.6 Å². The van der Waals surface area contributed by atoms with Crippen molar-refractivity contribution in [2.24, 2.45) is 0 Å². The molecule has 2 aromatic rings. The molecular weight excluding hydrogens is 554 g/mol. The van der Waals surface area contributed by atoms with Gasteiger partial charge >= 0.3 is 14.2 Å². The van der Waals surface area contributed by atoms with Crippen LogP contribution in [0.25, 0.3) is 0 Å². The molecule has 0 radical (unpaired) electrons. The van der Waals surface area contributed by atoms with E-state index in [9.17, 15) is 30.0 Å². The third-order valence-corrected chi connectivity index (χ3v) is 9.44. The van der Waals surface area contributed by atoms with E-state index in [2.05, 4.69) is 23.3 Å². The van der Waals surface area contributed by atoms with E-state index in [1.165, 1.54) is 0 Å². The first-order valence-corrected chi connectivity index (χ1v) is 15.6. The van der Waals surface area contributed by atoms with E-state index in [1.807, 2.05) is 39.8 Å². The molecule has 0 saturated heterocycles. The summed E-state index contributed by atoms with van der Waals surface area (Å²) in [7, 11) is -3.18. The Morgan fingerprint density at radius 3 is 2.07 bits per heavy atom. The highest BCUT2D eigenvalue weighted by Crippen LogP contribution is 2.49. The number of nitrogens with zero attached hydrogens (tertiary/aromatic N) is 2. The Morgan fingerprint density at radius 2 is 1.48 bits per heavy atom. The molecule has 10 heteroatoms. The van der Waals surface area contributed by atoms with Crippen molar-refractivity contribution in [2.75, 3.05) is 18.0 Å². The van der Waals surface area contributed by atoms with Crippen LogP contribution in [0.2, 0.25) is 0 Å². The molecule has 0 saturated carbocycles. The number of hydrogen-bond donors (Lipinski definition) is 4. The Kier molecular flexibility index (Phi) is 8.59. The van der Waals surface area contributed by atoms with Crippen molar-refractivity contribution in [1.82, 2.24) is 0 Å². The molecule has 0 amide bonds. The zero-order chi connectivity index (χ0) is 32.1. The fourth-order valence-electron chi connectivity index (χ4n) is 6.71. The Balaban J connectivity index is 1.58. The fraction of sp³-hybridized carbons (Fsp3) is 0.412.